The highest BCUT2D eigenvalue weighted by Crippen LogP contribution is 2.46. The van der Waals surface area contributed by atoms with E-state index in [0.717, 1.165) is 12.0 Å². The minimum atomic E-state index is -0.132. The lowest BCUT2D eigenvalue weighted by Gasteiger charge is -2.31. The van der Waals surface area contributed by atoms with Gasteiger partial charge < -0.3 is 0 Å². The first-order valence-corrected chi connectivity index (χ1v) is 7.29. The summed E-state index contributed by atoms with van der Waals surface area (Å²) in [6.45, 7) is 4.70. The van der Waals surface area contributed by atoms with E-state index >= 15 is 0 Å². The maximum Gasteiger partial charge on any atom is 0.123 e. The zero-order valence-corrected chi connectivity index (χ0v) is 12.1. The molecule has 1 aromatic carbocycles. The molecule has 2 heteroatoms. The number of benzene rings is 1. The first-order chi connectivity index (χ1) is 7.99. The van der Waals surface area contributed by atoms with Gasteiger partial charge >= 0.3 is 0 Å². The molecule has 0 spiro atoms. The van der Waals surface area contributed by atoms with Crippen molar-refractivity contribution in [2.45, 2.75) is 44.4 Å². The molecule has 1 aliphatic carbocycles. The summed E-state index contributed by atoms with van der Waals surface area (Å²) in [4.78, 5) is 0.460. The molecule has 0 nitrogen and oxygen atoms in total. The second-order valence-electron chi connectivity index (χ2n) is 5.84. The minimum absolute atomic E-state index is 0.132. The number of halogens is 2. The molecule has 1 fully saturated rings. The predicted octanol–water partition coefficient (Wildman–Crippen LogP) is 4.96. The SMILES string of the molecule is CC1(C)CCCC1C(Br)Cc1cccc(F)c1. The van der Waals surface area contributed by atoms with Crippen molar-refractivity contribution >= 4 is 15.9 Å². The maximum absolute atomic E-state index is 13.1. The van der Waals surface area contributed by atoms with Crippen molar-refractivity contribution in [2.75, 3.05) is 0 Å². The summed E-state index contributed by atoms with van der Waals surface area (Å²) < 4.78 is 13.1. The first-order valence-electron chi connectivity index (χ1n) is 6.37. The Morgan fingerprint density at radius 1 is 1.47 bits per heavy atom. The normalized spacial score (nSPS) is 24.8. The summed E-state index contributed by atoms with van der Waals surface area (Å²) in [5, 5.41) is 0. The molecule has 0 bridgehead atoms. The van der Waals surface area contributed by atoms with Crippen molar-refractivity contribution in [1.82, 2.24) is 0 Å². The van der Waals surface area contributed by atoms with E-state index in [1.165, 1.54) is 25.3 Å². The average Bonchev–Trinajstić information content (AvgIpc) is 2.58. The fourth-order valence-electron chi connectivity index (χ4n) is 3.06. The smallest absolute Gasteiger partial charge is 0.123 e. The van der Waals surface area contributed by atoms with Crippen molar-refractivity contribution in [3.8, 4) is 0 Å². The number of hydrogen-bond donors (Lipinski definition) is 0. The Morgan fingerprint density at radius 3 is 2.82 bits per heavy atom. The summed E-state index contributed by atoms with van der Waals surface area (Å²) in [5.74, 6) is 0.568. The Kier molecular flexibility index (Phi) is 3.92. The molecule has 0 saturated heterocycles. The standard InChI is InChI=1S/C15H20BrF/c1-15(2)8-4-7-13(15)14(16)10-11-5-3-6-12(17)9-11/h3,5-6,9,13-14H,4,7-8,10H2,1-2H3. The number of hydrogen-bond acceptors (Lipinski definition) is 0. The average molecular weight is 299 g/mol. The zero-order valence-electron chi connectivity index (χ0n) is 10.5. The molecular weight excluding hydrogens is 279 g/mol. The van der Waals surface area contributed by atoms with Gasteiger partial charge in [-0.05, 0) is 48.3 Å². The molecule has 0 amide bonds. The van der Waals surface area contributed by atoms with Gasteiger partial charge in [-0.3, -0.25) is 0 Å². The summed E-state index contributed by atoms with van der Waals surface area (Å²) in [6, 6.07) is 6.96. The van der Waals surface area contributed by atoms with E-state index in [9.17, 15) is 4.39 Å². The molecule has 2 unspecified atom stereocenters. The van der Waals surface area contributed by atoms with Crippen molar-refractivity contribution in [1.29, 1.82) is 0 Å². The van der Waals surface area contributed by atoms with Crippen molar-refractivity contribution in [2.24, 2.45) is 11.3 Å². The molecule has 1 saturated carbocycles. The summed E-state index contributed by atoms with van der Waals surface area (Å²) in [6.07, 6.45) is 4.84. The highest BCUT2D eigenvalue weighted by Gasteiger charge is 2.38. The molecule has 2 atom stereocenters. The van der Waals surface area contributed by atoms with Crippen LogP contribution in [-0.4, -0.2) is 4.83 Å². The monoisotopic (exact) mass is 298 g/mol. The molecule has 0 aromatic heterocycles. The summed E-state index contributed by atoms with van der Waals surface area (Å²) >= 11 is 3.82. The highest BCUT2D eigenvalue weighted by molar-refractivity contribution is 9.09. The second kappa shape index (κ2) is 5.09. The Balaban J connectivity index is 2.04. The maximum atomic E-state index is 13.1. The van der Waals surface area contributed by atoms with Crippen molar-refractivity contribution < 1.29 is 4.39 Å². The van der Waals surface area contributed by atoms with E-state index in [1.54, 1.807) is 12.1 Å². The van der Waals surface area contributed by atoms with Gasteiger partial charge in [0.15, 0.2) is 0 Å². The molecule has 0 aliphatic heterocycles. The van der Waals surface area contributed by atoms with Crippen LogP contribution in [0.1, 0.15) is 38.7 Å². The van der Waals surface area contributed by atoms with Gasteiger partial charge in [-0.2, -0.15) is 0 Å². The largest absolute Gasteiger partial charge is 0.207 e. The highest BCUT2D eigenvalue weighted by atomic mass is 79.9. The van der Waals surface area contributed by atoms with Gasteiger partial charge in [-0.1, -0.05) is 48.3 Å². The van der Waals surface area contributed by atoms with E-state index in [-0.39, 0.29) is 5.82 Å². The van der Waals surface area contributed by atoms with E-state index < -0.39 is 0 Å². The van der Waals surface area contributed by atoms with E-state index in [1.807, 2.05) is 6.07 Å². The predicted molar refractivity (Wildman–Crippen MR) is 73.9 cm³/mol. The molecule has 2 rings (SSSR count). The van der Waals surface area contributed by atoms with Crippen LogP contribution >= 0.6 is 15.9 Å². The van der Waals surface area contributed by atoms with Gasteiger partial charge in [-0.15, -0.1) is 0 Å². The van der Waals surface area contributed by atoms with Crippen LogP contribution in [0.4, 0.5) is 4.39 Å². The molecule has 0 N–H and O–H groups in total. The van der Waals surface area contributed by atoms with Crippen LogP contribution in [0.15, 0.2) is 24.3 Å². The lowest BCUT2D eigenvalue weighted by molar-refractivity contribution is 0.255. The number of rotatable bonds is 3. The third-order valence-corrected chi connectivity index (χ3v) is 5.06. The van der Waals surface area contributed by atoms with Gasteiger partial charge in [0, 0.05) is 4.83 Å². The third-order valence-electron chi connectivity index (χ3n) is 4.10. The van der Waals surface area contributed by atoms with E-state index in [2.05, 4.69) is 29.8 Å². The molecular formula is C15H20BrF. The first kappa shape index (κ1) is 13.1. The van der Waals surface area contributed by atoms with E-state index in [4.69, 9.17) is 0 Å². The lowest BCUT2D eigenvalue weighted by atomic mass is 9.79. The fraction of sp³-hybridized carbons (Fsp3) is 0.600. The Labute approximate surface area is 112 Å². The van der Waals surface area contributed by atoms with Crippen LogP contribution in [0.5, 0.6) is 0 Å². The van der Waals surface area contributed by atoms with Gasteiger partial charge in [0.05, 0.1) is 0 Å². The van der Waals surface area contributed by atoms with Gasteiger partial charge in [0.1, 0.15) is 5.82 Å². The lowest BCUT2D eigenvalue weighted by Crippen LogP contribution is -2.27. The van der Waals surface area contributed by atoms with Gasteiger partial charge in [0.25, 0.3) is 0 Å². The second-order valence-corrected chi connectivity index (χ2v) is 7.01. The van der Waals surface area contributed by atoms with Crippen LogP contribution in [0.25, 0.3) is 0 Å². The molecule has 1 aliphatic rings. The molecule has 1 aromatic rings. The zero-order chi connectivity index (χ0) is 12.5. The topological polar surface area (TPSA) is 0 Å². The Hall–Kier alpha value is -0.370. The molecule has 0 radical (unpaired) electrons. The van der Waals surface area contributed by atoms with Crippen LogP contribution in [0.2, 0.25) is 0 Å². The van der Waals surface area contributed by atoms with Crippen LogP contribution < -0.4 is 0 Å². The molecule has 17 heavy (non-hydrogen) atoms. The van der Waals surface area contributed by atoms with Crippen LogP contribution in [0.3, 0.4) is 0 Å². The van der Waals surface area contributed by atoms with E-state index in [0.29, 0.717) is 16.2 Å². The quantitative estimate of drug-likeness (QED) is 0.692. The van der Waals surface area contributed by atoms with Gasteiger partial charge in [-0.25, -0.2) is 4.39 Å². The van der Waals surface area contributed by atoms with Crippen molar-refractivity contribution in [3.63, 3.8) is 0 Å². The molecule has 94 valence electrons. The van der Waals surface area contributed by atoms with Crippen LogP contribution in [0, 0.1) is 17.2 Å². The minimum Gasteiger partial charge on any atom is -0.207 e. The molecule has 0 heterocycles. The fourth-order valence-corrected chi connectivity index (χ4v) is 4.41. The van der Waals surface area contributed by atoms with Crippen LogP contribution in [-0.2, 0) is 6.42 Å². The van der Waals surface area contributed by atoms with Crippen molar-refractivity contribution in [3.05, 3.63) is 35.6 Å². The summed E-state index contributed by atoms with van der Waals surface area (Å²) in [7, 11) is 0. The summed E-state index contributed by atoms with van der Waals surface area (Å²) in [5.41, 5.74) is 1.51. The third kappa shape index (κ3) is 3.09. The number of alkyl halides is 1. The Bertz CT molecular complexity index is 386. The van der Waals surface area contributed by atoms with Gasteiger partial charge in [0.2, 0.25) is 0 Å². The Morgan fingerprint density at radius 2 is 2.24 bits per heavy atom.